The highest BCUT2D eigenvalue weighted by molar-refractivity contribution is 7.94. The predicted molar refractivity (Wildman–Crippen MR) is 152 cm³/mol. The molecule has 204 valence electrons. The fourth-order valence-corrected chi connectivity index (χ4v) is 5.48. The van der Waals surface area contributed by atoms with Crippen LogP contribution in [0.5, 0.6) is 11.5 Å². The van der Waals surface area contributed by atoms with Gasteiger partial charge in [0.15, 0.2) is 0 Å². The Bertz CT molecular complexity index is 1540. The van der Waals surface area contributed by atoms with Gasteiger partial charge in [0.1, 0.15) is 11.5 Å². The Hall–Kier alpha value is -4.42. The molecule has 0 aromatic heterocycles. The van der Waals surface area contributed by atoms with Gasteiger partial charge in [-0.15, -0.1) is 10.1 Å². The van der Waals surface area contributed by atoms with Crippen molar-refractivity contribution >= 4 is 47.7 Å². The van der Waals surface area contributed by atoms with Gasteiger partial charge in [0, 0.05) is 35.6 Å². The first-order chi connectivity index (χ1) is 20.0. The molecule has 0 fully saturated rings. The van der Waals surface area contributed by atoms with Crippen molar-refractivity contribution < 1.29 is 32.5 Å². The van der Waals surface area contributed by atoms with E-state index in [1.807, 2.05) is 60.7 Å². The van der Waals surface area contributed by atoms with E-state index in [0.717, 1.165) is 45.3 Å². The third-order valence-electron chi connectivity index (χ3n) is 6.27. The number of hydrogen-bond acceptors (Lipinski definition) is 9. The zero-order valence-corrected chi connectivity index (χ0v) is 22.9. The van der Waals surface area contributed by atoms with Crippen LogP contribution in [0.2, 0.25) is 0 Å². The standard InChI is InChI=1S/C30H20N2O7S2/c33-27-23-13-11-21(15-25(23)29(35)31(27)38-40-17-19-7-3-1-4-8-19)37-22-12-14-24-26(16-22)30(36)32(28(24)34)39-41-18-20-9-5-2-6-10-20/h1-16H,17-18H2. The molecule has 0 N–H and O–H groups in total. The van der Waals surface area contributed by atoms with Crippen molar-refractivity contribution in [2.75, 3.05) is 0 Å². The second-order valence-electron chi connectivity index (χ2n) is 8.97. The van der Waals surface area contributed by atoms with Gasteiger partial charge in [0.05, 0.1) is 22.3 Å². The third kappa shape index (κ3) is 5.48. The van der Waals surface area contributed by atoms with Crippen LogP contribution in [-0.4, -0.2) is 33.8 Å². The monoisotopic (exact) mass is 584 g/mol. The van der Waals surface area contributed by atoms with Crippen LogP contribution in [-0.2, 0) is 20.1 Å². The Morgan fingerprint density at radius 3 is 1.29 bits per heavy atom. The Labute approximate surface area is 243 Å². The Morgan fingerprint density at radius 2 is 0.878 bits per heavy atom. The lowest BCUT2D eigenvalue weighted by Crippen LogP contribution is -2.27. The number of carbonyl (C=O) groups excluding carboxylic acids is 4. The topological polar surface area (TPSA) is 102 Å². The molecule has 11 heteroatoms. The number of nitrogens with zero attached hydrogens (tertiary/aromatic N) is 2. The molecule has 2 heterocycles. The molecule has 4 aromatic rings. The van der Waals surface area contributed by atoms with Gasteiger partial charge in [0.2, 0.25) is 0 Å². The van der Waals surface area contributed by atoms with Crippen molar-refractivity contribution in [2.45, 2.75) is 11.5 Å². The van der Waals surface area contributed by atoms with Crippen molar-refractivity contribution in [3.8, 4) is 11.5 Å². The van der Waals surface area contributed by atoms with Gasteiger partial charge in [-0.25, -0.2) is 0 Å². The lowest BCUT2D eigenvalue weighted by molar-refractivity contribution is -0.00298. The average molecular weight is 585 g/mol. The molecule has 0 spiro atoms. The molecular weight excluding hydrogens is 564 g/mol. The Kier molecular flexibility index (Phi) is 7.57. The normalized spacial score (nSPS) is 14.0. The van der Waals surface area contributed by atoms with E-state index in [-0.39, 0.29) is 33.8 Å². The zero-order valence-electron chi connectivity index (χ0n) is 21.2. The van der Waals surface area contributed by atoms with E-state index in [2.05, 4.69) is 0 Å². The summed E-state index contributed by atoms with van der Waals surface area (Å²) in [5.41, 5.74) is 2.63. The van der Waals surface area contributed by atoms with Crippen LogP contribution >= 0.6 is 24.1 Å². The first-order valence-electron chi connectivity index (χ1n) is 12.4. The summed E-state index contributed by atoms with van der Waals surface area (Å²) in [5, 5.41) is 1.46. The van der Waals surface area contributed by atoms with Gasteiger partial charge >= 0.3 is 0 Å². The van der Waals surface area contributed by atoms with Crippen molar-refractivity contribution in [3.05, 3.63) is 130 Å². The van der Waals surface area contributed by atoms with Gasteiger partial charge in [-0.05, 0) is 47.5 Å². The molecule has 0 radical (unpaired) electrons. The van der Waals surface area contributed by atoms with Crippen LogP contribution in [0, 0.1) is 0 Å². The minimum absolute atomic E-state index is 0.134. The van der Waals surface area contributed by atoms with Crippen LogP contribution in [0.25, 0.3) is 0 Å². The highest BCUT2D eigenvalue weighted by atomic mass is 32.2. The van der Waals surface area contributed by atoms with E-state index in [1.165, 1.54) is 24.3 Å². The number of hydroxylamine groups is 4. The summed E-state index contributed by atoms with van der Waals surface area (Å²) in [6.07, 6.45) is 0. The number of fused-ring (bicyclic) bond motifs is 2. The molecule has 0 saturated heterocycles. The lowest BCUT2D eigenvalue weighted by Gasteiger charge is -2.11. The third-order valence-corrected chi connectivity index (χ3v) is 7.68. The summed E-state index contributed by atoms with van der Waals surface area (Å²) in [5.74, 6) is -0.892. The maximum absolute atomic E-state index is 12.9. The number of rotatable bonds is 10. The summed E-state index contributed by atoms with van der Waals surface area (Å²) >= 11 is 1.96. The van der Waals surface area contributed by atoms with Crippen molar-refractivity contribution in [2.24, 2.45) is 0 Å². The number of benzene rings is 4. The summed E-state index contributed by atoms with van der Waals surface area (Å²) in [4.78, 5) is 51.3. The molecule has 6 rings (SSSR count). The maximum Gasteiger partial charge on any atom is 0.287 e. The smallest absolute Gasteiger partial charge is 0.287 e. The molecule has 9 nitrogen and oxygen atoms in total. The summed E-state index contributed by atoms with van der Waals surface area (Å²) in [6.45, 7) is 0. The first kappa shape index (κ1) is 26.8. The van der Waals surface area contributed by atoms with Crippen molar-refractivity contribution in [1.82, 2.24) is 10.1 Å². The quantitative estimate of drug-likeness (QED) is 0.159. The van der Waals surface area contributed by atoms with Gasteiger partial charge in [0.25, 0.3) is 23.6 Å². The summed E-state index contributed by atoms with van der Waals surface area (Å²) < 4.78 is 16.7. The largest absolute Gasteiger partial charge is 0.457 e. The number of carbonyl (C=O) groups is 4. The zero-order chi connectivity index (χ0) is 28.3. The van der Waals surface area contributed by atoms with Crippen LogP contribution in [0.3, 0.4) is 0 Å². The van der Waals surface area contributed by atoms with E-state index >= 15 is 0 Å². The first-order valence-corrected chi connectivity index (χ1v) is 14.2. The van der Waals surface area contributed by atoms with Crippen LogP contribution in [0.1, 0.15) is 52.6 Å². The number of imide groups is 2. The van der Waals surface area contributed by atoms with Gasteiger partial charge < -0.3 is 4.74 Å². The predicted octanol–water partition coefficient (Wildman–Crippen LogP) is 6.23. The van der Waals surface area contributed by atoms with Crippen molar-refractivity contribution in [1.29, 1.82) is 0 Å². The number of ether oxygens (including phenoxy) is 1. The molecule has 4 amide bonds. The Balaban J connectivity index is 1.10. The summed E-state index contributed by atoms with van der Waals surface area (Å²) in [7, 11) is 0. The second kappa shape index (κ2) is 11.6. The highest BCUT2D eigenvalue weighted by Gasteiger charge is 2.39. The van der Waals surface area contributed by atoms with E-state index in [0.29, 0.717) is 11.5 Å². The number of amides is 4. The minimum atomic E-state index is -0.605. The lowest BCUT2D eigenvalue weighted by atomic mass is 10.1. The van der Waals surface area contributed by atoms with Gasteiger partial charge in [-0.2, -0.15) is 8.57 Å². The molecule has 2 aliphatic heterocycles. The van der Waals surface area contributed by atoms with Crippen LogP contribution in [0.15, 0.2) is 97.1 Å². The van der Waals surface area contributed by atoms with E-state index < -0.39 is 23.6 Å². The van der Waals surface area contributed by atoms with Gasteiger partial charge in [-0.3, -0.25) is 19.2 Å². The van der Waals surface area contributed by atoms with Crippen LogP contribution < -0.4 is 4.74 Å². The number of hydrogen-bond donors (Lipinski definition) is 0. The molecule has 41 heavy (non-hydrogen) atoms. The molecule has 0 unspecified atom stereocenters. The molecule has 0 bridgehead atoms. The molecular formula is C30H20N2O7S2. The van der Waals surface area contributed by atoms with E-state index in [4.69, 9.17) is 13.3 Å². The average Bonchev–Trinajstić information content (AvgIpc) is 3.38. The minimum Gasteiger partial charge on any atom is -0.457 e. The van der Waals surface area contributed by atoms with Crippen LogP contribution in [0.4, 0.5) is 0 Å². The van der Waals surface area contributed by atoms with Crippen molar-refractivity contribution in [3.63, 3.8) is 0 Å². The molecule has 0 saturated carbocycles. The van der Waals surface area contributed by atoms with E-state index in [9.17, 15) is 19.2 Å². The summed E-state index contributed by atoms with van der Waals surface area (Å²) in [6, 6.07) is 28.0. The Morgan fingerprint density at radius 1 is 0.488 bits per heavy atom. The van der Waals surface area contributed by atoms with Gasteiger partial charge in [-0.1, -0.05) is 60.7 Å². The highest BCUT2D eigenvalue weighted by Crippen LogP contribution is 2.34. The maximum atomic E-state index is 12.9. The van der Waals surface area contributed by atoms with E-state index in [1.54, 1.807) is 12.1 Å². The second-order valence-corrected chi connectivity index (χ2v) is 10.3. The fraction of sp³-hybridized carbons (Fsp3) is 0.0667. The molecule has 2 aliphatic rings. The molecule has 4 aromatic carbocycles. The molecule has 0 atom stereocenters. The molecule has 0 aliphatic carbocycles. The fourth-order valence-electron chi connectivity index (χ4n) is 4.24. The SMILES string of the molecule is O=C1c2ccc(Oc3ccc4c(c3)C(=O)N(OSCc3ccccc3)C4=O)cc2C(=O)N1OSCc1ccccc1.